The van der Waals surface area contributed by atoms with Crippen LogP contribution in [0.3, 0.4) is 0 Å². The molecule has 0 fully saturated rings. The highest BCUT2D eigenvalue weighted by atomic mass is 28.3. The molecule has 1 aromatic rings. The van der Waals surface area contributed by atoms with E-state index in [1.165, 1.54) is 308 Å². The van der Waals surface area contributed by atoms with E-state index in [-0.39, 0.29) is 0 Å². The largest absolute Gasteiger partial charge is 0.0867 e. The summed E-state index contributed by atoms with van der Waals surface area (Å²) in [5.74, 6) is 0. The lowest BCUT2D eigenvalue weighted by Crippen LogP contribution is -2.51. The Balaban J connectivity index is 1.64. The van der Waals surface area contributed by atoms with E-state index in [0.29, 0.717) is 0 Å². The molecule has 2 heteroatoms. The molecule has 0 radical (unpaired) electrons. The van der Waals surface area contributed by atoms with Crippen molar-refractivity contribution < 1.29 is 0 Å². The van der Waals surface area contributed by atoms with E-state index in [4.69, 9.17) is 0 Å². The van der Waals surface area contributed by atoms with Gasteiger partial charge in [-0.05, 0) is 0 Å². The van der Waals surface area contributed by atoms with E-state index in [1.54, 1.807) is 36.3 Å². The first-order chi connectivity index (χ1) is 30.8. The minimum absolute atomic E-state index is 1.50. The van der Waals surface area contributed by atoms with Gasteiger partial charge in [0.1, 0.15) is 0 Å². The molecule has 0 saturated carbocycles. The highest BCUT2D eigenvalue weighted by Crippen LogP contribution is 2.33. The third kappa shape index (κ3) is 25.0. The molecule has 6 aliphatic rings. The Morgan fingerprint density at radius 2 is 0.242 bits per heavy atom. The van der Waals surface area contributed by atoms with Gasteiger partial charge in [-0.3, -0.25) is 0 Å². The lowest BCUT2D eigenvalue weighted by atomic mass is 10.0. The smallest absolute Gasteiger partial charge is 0.0631 e. The van der Waals surface area contributed by atoms with Crippen LogP contribution in [0.15, 0.2) is 24.3 Å². The molecule has 6 heterocycles. The second-order valence-electron chi connectivity index (χ2n) is 22.6. The predicted octanol–water partition coefficient (Wildman–Crippen LogP) is 20.8. The Morgan fingerprint density at radius 3 is 0.355 bits per heavy atom. The fourth-order valence-corrected chi connectivity index (χ4v) is 23.5. The molecule has 0 saturated heterocycles. The van der Waals surface area contributed by atoms with E-state index in [1.807, 2.05) is 10.4 Å². The van der Waals surface area contributed by atoms with Crippen molar-refractivity contribution in [2.45, 2.75) is 344 Å². The zero-order chi connectivity index (χ0) is 43.2. The molecule has 4 bridgehead atoms. The van der Waals surface area contributed by atoms with Crippen molar-refractivity contribution in [2.75, 3.05) is 0 Å². The molecule has 360 valence electrons. The standard InChI is InChI=1S/C60H112Si2/c1-2-8-14-20-26-32-38-44-54-62-57-47-41-35-29-23-17-11-5-3-9-15-21-27-33-39-45-55-61(59-49-51-60(62)52-50-59,53-43-37-31-25-19-13-7-1)56-46-40-34-28-22-16-10-4-6-12-18-24-30-36-42-48-58-62/h49-52H,1-48,53-58H2. The summed E-state index contributed by atoms with van der Waals surface area (Å²) in [5, 5.41) is 3.84. The number of rotatable bonds is 0. The molecule has 0 aromatic heterocycles. The van der Waals surface area contributed by atoms with E-state index >= 15 is 0 Å². The van der Waals surface area contributed by atoms with Crippen LogP contribution in [0.25, 0.3) is 0 Å². The molecule has 0 N–H and O–H groups in total. The molecule has 7 rings (SSSR count). The minimum atomic E-state index is -1.60. The van der Waals surface area contributed by atoms with Gasteiger partial charge in [0.15, 0.2) is 0 Å². The van der Waals surface area contributed by atoms with Crippen molar-refractivity contribution in [3.8, 4) is 0 Å². The summed E-state index contributed by atoms with van der Waals surface area (Å²) in [5.41, 5.74) is 0. The van der Waals surface area contributed by atoms with Crippen LogP contribution < -0.4 is 10.4 Å². The third-order valence-electron chi connectivity index (χ3n) is 17.3. The van der Waals surface area contributed by atoms with E-state index in [9.17, 15) is 0 Å². The molecule has 0 unspecified atom stereocenters. The first-order valence-electron chi connectivity index (χ1n) is 29.9. The summed E-state index contributed by atoms with van der Waals surface area (Å²) in [6.45, 7) is 0. The molecule has 0 atom stereocenters. The van der Waals surface area contributed by atoms with Crippen molar-refractivity contribution in [1.29, 1.82) is 0 Å². The molecule has 0 amide bonds. The van der Waals surface area contributed by atoms with E-state index in [2.05, 4.69) is 24.3 Å². The van der Waals surface area contributed by atoms with Crippen LogP contribution in [0.2, 0.25) is 36.3 Å². The van der Waals surface area contributed by atoms with Gasteiger partial charge in [0.25, 0.3) is 0 Å². The summed E-state index contributed by atoms with van der Waals surface area (Å²) < 4.78 is 0. The predicted molar refractivity (Wildman–Crippen MR) is 288 cm³/mol. The summed E-state index contributed by atoms with van der Waals surface area (Å²) in [4.78, 5) is 0. The average Bonchev–Trinajstić information content (AvgIpc) is 3.29. The van der Waals surface area contributed by atoms with E-state index < -0.39 is 16.1 Å². The van der Waals surface area contributed by atoms with Crippen LogP contribution in [-0.2, 0) is 0 Å². The number of benzene rings is 1. The Bertz CT molecular complexity index is 921. The molecule has 0 spiro atoms. The zero-order valence-electron chi connectivity index (χ0n) is 42.5. The van der Waals surface area contributed by atoms with Gasteiger partial charge < -0.3 is 0 Å². The number of fused-ring (bicyclic) bond motifs is 51. The monoisotopic (exact) mass is 889 g/mol. The average molecular weight is 890 g/mol. The van der Waals surface area contributed by atoms with Gasteiger partial charge in [-0.25, -0.2) is 0 Å². The Labute approximate surface area is 393 Å². The first kappa shape index (κ1) is 54.3. The third-order valence-corrected chi connectivity index (χ3v) is 28.3. The van der Waals surface area contributed by atoms with Gasteiger partial charge in [0, 0.05) is 0 Å². The van der Waals surface area contributed by atoms with Crippen LogP contribution in [0.4, 0.5) is 0 Å². The van der Waals surface area contributed by atoms with Crippen molar-refractivity contribution in [3.63, 3.8) is 0 Å². The van der Waals surface area contributed by atoms with Crippen molar-refractivity contribution >= 4 is 26.5 Å². The molecule has 6 aliphatic heterocycles. The summed E-state index contributed by atoms with van der Waals surface area (Å²) in [7, 11) is -3.20. The van der Waals surface area contributed by atoms with Crippen LogP contribution in [0.5, 0.6) is 0 Å². The van der Waals surface area contributed by atoms with Gasteiger partial charge >= 0.3 is 0 Å². The summed E-state index contributed by atoms with van der Waals surface area (Å²) in [6, 6.07) is 21.0. The molecular formula is C60H112Si2. The first-order valence-corrected chi connectivity index (χ1v) is 35.2. The van der Waals surface area contributed by atoms with Crippen LogP contribution in [0, 0.1) is 0 Å². The molecule has 62 heavy (non-hydrogen) atoms. The molecule has 0 nitrogen and oxygen atoms in total. The highest BCUT2D eigenvalue weighted by molar-refractivity contribution is 6.93. The Kier molecular flexibility index (Phi) is 33.0. The van der Waals surface area contributed by atoms with Gasteiger partial charge in [-0.1, -0.05) is 379 Å². The minimum Gasteiger partial charge on any atom is -0.0631 e. The van der Waals surface area contributed by atoms with Crippen molar-refractivity contribution in [2.24, 2.45) is 0 Å². The topological polar surface area (TPSA) is 0 Å². The number of hydrogen-bond acceptors (Lipinski definition) is 0. The lowest BCUT2D eigenvalue weighted by molar-refractivity contribution is 0.528. The maximum atomic E-state index is 2.87. The quantitative estimate of drug-likeness (QED) is 0.228. The molecule has 1 aromatic carbocycles. The summed E-state index contributed by atoms with van der Waals surface area (Å²) in [6.07, 6.45) is 72.0. The SMILES string of the molecule is c1cc2ccc1[Si]13CCCCCCCCCCCCCCCCCC[Si]2(CCCCCCCCCCCCCCCCCC1)CCCCCCCCCCCCCCCCCC3. The van der Waals surface area contributed by atoms with E-state index in [0.717, 1.165) is 0 Å². The van der Waals surface area contributed by atoms with Gasteiger partial charge in [0.2, 0.25) is 0 Å². The fourth-order valence-electron chi connectivity index (χ4n) is 13.0. The zero-order valence-corrected chi connectivity index (χ0v) is 44.5. The van der Waals surface area contributed by atoms with Gasteiger partial charge in [-0.15, -0.1) is 0 Å². The molecule has 0 aliphatic carbocycles. The van der Waals surface area contributed by atoms with Crippen molar-refractivity contribution in [3.05, 3.63) is 24.3 Å². The van der Waals surface area contributed by atoms with Gasteiger partial charge in [0.05, 0.1) is 16.1 Å². The highest BCUT2D eigenvalue weighted by Gasteiger charge is 2.36. The lowest BCUT2D eigenvalue weighted by Gasteiger charge is -2.36. The van der Waals surface area contributed by atoms with Gasteiger partial charge in [-0.2, -0.15) is 0 Å². The Morgan fingerprint density at radius 1 is 0.145 bits per heavy atom. The van der Waals surface area contributed by atoms with Crippen LogP contribution in [-0.4, -0.2) is 16.1 Å². The van der Waals surface area contributed by atoms with Crippen LogP contribution >= 0.6 is 0 Å². The maximum Gasteiger partial charge on any atom is 0.0867 e. The van der Waals surface area contributed by atoms with Crippen LogP contribution in [0.1, 0.15) is 308 Å². The fraction of sp³-hybridized carbons (Fsp3) is 0.900. The normalized spacial score (nSPS) is 28.2. The molecular weight excluding hydrogens is 777 g/mol. The number of hydrogen-bond donors (Lipinski definition) is 0. The van der Waals surface area contributed by atoms with Crippen molar-refractivity contribution in [1.82, 2.24) is 0 Å². The second kappa shape index (κ2) is 37.7. The second-order valence-corrected chi connectivity index (χ2v) is 31.9. The summed E-state index contributed by atoms with van der Waals surface area (Å²) >= 11 is 0. The maximum absolute atomic E-state index is 2.87. The Hall–Kier alpha value is -0.346.